The molecular weight excluding hydrogens is 408 g/mol. The zero-order valence-corrected chi connectivity index (χ0v) is 17.9. The van der Waals surface area contributed by atoms with Gasteiger partial charge in [-0.2, -0.15) is 0 Å². The first-order valence-electron chi connectivity index (χ1n) is 9.35. The minimum absolute atomic E-state index is 0.167. The number of hydrogen-bond acceptors (Lipinski definition) is 5. The topological polar surface area (TPSA) is 93.7 Å². The summed E-state index contributed by atoms with van der Waals surface area (Å²) in [6, 6.07) is 12.6. The molecule has 0 aliphatic heterocycles. The number of ether oxygens (including phenoxy) is 2. The van der Waals surface area contributed by atoms with E-state index in [0.717, 1.165) is 11.1 Å². The van der Waals surface area contributed by atoms with Gasteiger partial charge in [0.2, 0.25) is 11.8 Å². The van der Waals surface area contributed by atoms with Gasteiger partial charge in [-0.25, -0.2) is 4.79 Å². The SMILES string of the molecule is COC(=O)[C@@H](Cc1ccc(OC)c(Cl)c1)NC(=O)[C@@H](Cc1ccccc1)NC(C)=O. The summed E-state index contributed by atoms with van der Waals surface area (Å²) >= 11 is 6.15. The standard InChI is InChI=1S/C22H25ClN2O5/c1-14(26)24-18(12-15-7-5-4-6-8-15)21(27)25-19(22(28)30-3)13-16-9-10-20(29-2)17(23)11-16/h4-11,18-19H,12-13H2,1-3H3,(H,24,26)(H,25,27)/t18-,19-/m1/s1. The zero-order chi connectivity index (χ0) is 22.1. The van der Waals surface area contributed by atoms with Crippen LogP contribution in [-0.2, 0) is 32.0 Å². The number of amides is 2. The Kier molecular flexibility index (Phi) is 8.68. The Balaban J connectivity index is 2.17. The Hall–Kier alpha value is -3.06. The summed E-state index contributed by atoms with van der Waals surface area (Å²) in [7, 11) is 2.75. The van der Waals surface area contributed by atoms with Crippen LogP contribution in [0.2, 0.25) is 5.02 Å². The minimum Gasteiger partial charge on any atom is -0.495 e. The first kappa shape index (κ1) is 23.2. The Morgan fingerprint density at radius 1 is 0.933 bits per heavy atom. The van der Waals surface area contributed by atoms with Crippen LogP contribution in [0.3, 0.4) is 0 Å². The highest BCUT2D eigenvalue weighted by Crippen LogP contribution is 2.25. The van der Waals surface area contributed by atoms with Crippen LogP contribution >= 0.6 is 11.6 Å². The highest BCUT2D eigenvalue weighted by Gasteiger charge is 2.27. The lowest BCUT2D eigenvalue weighted by Crippen LogP contribution is -2.53. The quantitative estimate of drug-likeness (QED) is 0.593. The molecule has 0 spiro atoms. The zero-order valence-electron chi connectivity index (χ0n) is 17.1. The van der Waals surface area contributed by atoms with Crippen molar-refractivity contribution in [1.29, 1.82) is 0 Å². The van der Waals surface area contributed by atoms with Gasteiger partial charge >= 0.3 is 5.97 Å². The molecular formula is C22H25ClN2O5. The van der Waals surface area contributed by atoms with Gasteiger partial charge in [-0.15, -0.1) is 0 Å². The van der Waals surface area contributed by atoms with Crippen LogP contribution in [0, 0.1) is 0 Å². The van der Waals surface area contributed by atoms with Crippen molar-refractivity contribution < 1.29 is 23.9 Å². The molecule has 0 radical (unpaired) electrons. The van der Waals surface area contributed by atoms with Crippen molar-refractivity contribution in [3.05, 3.63) is 64.7 Å². The third-order valence-corrected chi connectivity index (χ3v) is 4.73. The first-order valence-corrected chi connectivity index (χ1v) is 9.73. The van der Waals surface area contributed by atoms with Crippen LogP contribution in [-0.4, -0.2) is 44.1 Å². The number of hydrogen-bond donors (Lipinski definition) is 2. The average Bonchev–Trinajstić information content (AvgIpc) is 2.72. The number of carbonyl (C=O) groups is 3. The van der Waals surface area contributed by atoms with Crippen LogP contribution in [0.25, 0.3) is 0 Å². The van der Waals surface area contributed by atoms with Crippen LogP contribution < -0.4 is 15.4 Å². The number of benzene rings is 2. The van der Waals surface area contributed by atoms with E-state index in [9.17, 15) is 14.4 Å². The van der Waals surface area contributed by atoms with Gasteiger partial charge in [0.25, 0.3) is 0 Å². The molecule has 2 atom stereocenters. The fourth-order valence-corrected chi connectivity index (χ4v) is 3.27. The molecule has 0 unspecified atom stereocenters. The lowest BCUT2D eigenvalue weighted by atomic mass is 10.0. The second kappa shape index (κ2) is 11.2. The summed E-state index contributed by atoms with van der Waals surface area (Å²) in [6.45, 7) is 1.34. The number of esters is 1. The van der Waals surface area contributed by atoms with Gasteiger partial charge in [0.1, 0.15) is 17.8 Å². The van der Waals surface area contributed by atoms with Gasteiger partial charge in [0, 0.05) is 19.8 Å². The smallest absolute Gasteiger partial charge is 0.328 e. The number of rotatable bonds is 9. The Bertz CT molecular complexity index is 888. The molecule has 8 heteroatoms. The molecule has 0 aliphatic rings. The molecule has 160 valence electrons. The molecule has 0 aromatic heterocycles. The molecule has 2 N–H and O–H groups in total. The van der Waals surface area contributed by atoms with E-state index in [2.05, 4.69) is 10.6 Å². The van der Waals surface area contributed by atoms with Crippen LogP contribution in [0.4, 0.5) is 0 Å². The van der Waals surface area contributed by atoms with Gasteiger partial charge in [-0.05, 0) is 23.3 Å². The van der Waals surface area contributed by atoms with E-state index in [0.29, 0.717) is 10.8 Å². The molecule has 2 aromatic rings. The van der Waals surface area contributed by atoms with Crippen LogP contribution in [0.5, 0.6) is 5.75 Å². The third kappa shape index (κ3) is 6.77. The van der Waals surface area contributed by atoms with E-state index in [1.807, 2.05) is 30.3 Å². The largest absolute Gasteiger partial charge is 0.495 e. The predicted octanol–water partition coefficient (Wildman–Crippen LogP) is 2.30. The maximum atomic E-state index is 12.9. The molecule has 30 heavy (non-hydrogen) atoms. The summed E-state index contributed by atoms with van der Waals surface area (Å²) in [5.74, 6) is -0.920. The fraction of sp³-hybridized carbons (Fsp3) is 0.318. The van der Waals surface area contributed by atoms with E-state index in [-0.39, 0.29) is 18.7 Å². The van der Waals surface area contributed by atoms with Crippen molar-refractivity contribution in [3.8, 4) is 5.75 Å². The van der Waals surface area contributed by atoms with Crippen molar-refractivity contribution in [2.24, 2.45) is 0 Å². The van der Waals surface area contributed by atoms with E-state index in [1.54, 1.807) is 18.2 Å². The summed E-state index contributed by atoms with van der Waals surface area (Å²) in [6.07, 6.45) is 0.453. The number of carbonyl (C=O) groups excluding carboxylic acids is 3. The van der Waals surface area contributed by atoms with Gasteiger partial charge in [0.05, 0.1) is 19.2 Å². The van der Waals surface area contributed by atoms with Crippen LogP contribution in [0.15, 0.2) is 48.5 Å². The summed E-state index contributed by atoms with van der Waals surface area (Å²) in [5.41, 5.74) is 1.60. The Morgan fingerprint density at radius 2 is 1.60 bits per heavy atom. The lowest BCUT2D eigenvalue weighted by molar-refractivity contribution is -0.145. The van der Waals surface area contributed by atoms with Gasteiger partial charge in [-0.1, -0.05) is 48.0 Å². The summed E-state index contributed by atoms with van der Waals surface area (Å²) < 4.78 is 9.97. The molecule has 0 bridgehead atoms. The Morgan fingerprint density at radius 3 is 2.17 bits per heavy atom. The van der Waals surface area contributed by atoms with Crippen molar-refractivity contribution >= 4 is 29.4 Å². The maximum absolute atomic E-state index is 12.9. The number of methoxy groups -OCH3 is 2. The molecule has 2 aromatic carbocycles. The molecule has 0 heterocycles. The van der Waals surface area contributed by atoms with E-state index < -0.39 is 24.0 Å². The molecule has 2 amide bonds. The van der Waals surface area contributed by atoms with E-state index in [1.165, 1.54) is 21.1 Å². The summed E-state index contributed by atoms with van der Waals surface area (Å²) in [5, 5.41) is 5.72. The minimum atomic E-state index is -0.945. The third-order valence-electron chi connectivity index (χ3n) is 4.43. The number of nitrogens with one attached hydrogen (secondary N) is 2. The van der Waals surface area contributed by atoms with Crippen molar-refractivity contribution in [1.82, 2.24) is 10.6 Å². The first-order chi connectivity index (χ1) is 14.3. The van der Waals surface area contributed by atoms with Crippen LogP contribution in [0.1, 0.15) is 18.1 Å². The average molecular weight is 433 g/mol. The van der Waals surface area contributed by atoms with Gasteiger partial charge in [-0.3, -0.25) is 9.59 Å². The number of halogens is 1. The van der Waals surface area contributed by atoms with Crippen molar-refractivity contribution in [2.75, 3.05) is 14.2 Å². The maximum Gasteiger partial charge on any atom is 0.328 e. The molecule has 0 aliphatic carbocycles. The normalized spacial score (nSPS) is 12.4. The molecule has 0 saturated heterocycles. The second-order valence-corrected chi connectivity index (χ2v) is 7.11. The van der Waals surface area contributed by atoms with E-state index >= 15 is 0 Å². The Labute approximate surface area is 180 Å². The molecule has 0 saturated carbocycles. The summed E-state index contributed by atoms with van der Waals surface area (Å²) in [4.78, 5) is 36.8. The fourth-order valence-electron chi connectivity index (χ4n) is 2.98. The molecule has 0 fully saturated rings. The second-order valence-electron chi connectivity index (χ2n) is 6.70. The van der Waals surface area contributed by atoms with Crippen molar-refractivity contribution in [3.63, 3.8) is 0 Å². The highest BCUT2D eigenvalue weighted by atomic mass is 35.5. The monoisotopic (exact) mass is 432 g/mol. The van der Waals surface area contributed by atoms with Crippen molar-refractivity contribution in [2.45, 2.75) is 31.8 Å². The predicted molar refractivity (Wildman–Crippen MR) is 113 cm³/mol. The highest BCUT2D eigenvalue weighted by molar-refractivity contribution is 6.32. The lowest BCUT2D eigenvalue weighted by Gasteiger charge is -2.22. The van der Waals surface area contributed by atoms with E-state index in [4.69, 9.17) is 21.1 Å². The molecule has 7 nitrogen and oxygen atoms in total. The molecule has 2 rings (SSSR count). The van der Waals surface area contributed by atoms with Gasteiger partial charge in [0.15, 0.2) is 0 Å². The van der Waals surface area contributed by atoms with Gasteiger partial charge < -0.3 is 20.1 Å².